The zero-order valence-corrected chi connectivity index (χ0v) is 11.4. The van der Waals surface area contributed by atoms with Gasteiger partial charge in [0.15, 0.2) is 0 Å². The summed E-state index contributed by atoms with van der Waals surface area (Å²) in [4.78, 5) is 23.9. The van der Waals surface area contributed by atoms with Crippen molar-refractivity contribution in [3.05, 3.63) is 33.6 Å². The number of carbonyl (C=O) groups is 1. The summed E-state index contributed by atoms with van der Waals surface area (Å²) < 4.78 is 13.8. The van der Waals surface area contributed by atoms with Crippen molar-refractivity contribution >= 4 is 17.3 Å². The summed E-state index contributed by atoms with van der Waals surface area (Å²) in [5.41, 5.74) is 4.28. The van der Waals surface area contributed by atoms with E-state index in [2.05, 4.69) is 0 Å². The van der Waals surface area contributed by atoms with Crippen molar-refractivity contribution in [3.8, 4) is 0 Å². The van der Waals surface area contributed by atoms with Gasteiger partial charge in [0.2, 0.25) is 0 Å². The van der Waals surface area contributed by atoms with Crippen molar-refractivity contribution < 1.29 is 14.1 Å². The molecule has 1 aromatic carbocycles. The largest absolute Gasteiger partial charge is 0.392 e. The third kappa shape index (κ3) is 2.43. The molecular weight excluding hydrogens is 265 g/mol. The number of carbonyl (C=O) groups excluding carboxylic acids is 1. The van der Waals surface area contributed by atoms with Crippen molar-refractivity contribution in [1.82, 2.24) is 4.90 Å². The van der Waals surface area contributed by atoms with E-state index in [4.69, 9.17) is 5.73 Å². The number of hydrogen-bond donors (Lipinski definition) is 1. The second kappa shape index (κ2) is 4.73. The monoisotopic (exact) mass is 281 g/mol. The molecule has 1 heterocycles. The van der Waals surface area contributed by atoms with E-state index in [1.54, 1.807) is 0 Å². The number of rotatable bonds is 2. The highest BCUT2D eigenvalue weighted by atomic mass is 19.1. The minimum atomic E-state index is -0.831. The Morgan fingerprint density at radius 2 is 2.15 bits per heavy atom. The fourth-order valence-corrected chi connectivity index (χ4v) is 2.40. The summed E-state index contributed by atoms with van der Waals surface area (Å²) in [5.74, 6) is -1.42. The Bertz CT molecular complexity index is 586. The van der Waals surface area contributed by atoms with Gasteiger partial charge in [0.05, 0.1) is 4.92 Å². The molecule has 0 aromatic heterocycles. The van der Waals surface area contributed by atoms with Crippen LogP contribution in [0.3, 0.4) is 0 Å². The highest BCUT2D eigenvalue weighted by molar-refractivity contribution is 6.01. The predicted molar refractivity (Wildman–Crippen MR) is 71.8 cm³/mol. The van der Waals surface area contributed by atoms with E-state index in [-0.39, 0.29) is 5.41 Å². The first-order chi connectivity index (χ1) is 9.23. The molecule has 1 saturated heterocycles. The fourth-order valence-electron chi connectivity index (χ4n) is 2.40. The van der Waals surface area contributed by atoms with Crippen LogP contribution in [0.1, 0.15) is 30.6 Å². The fraction of sp³-hybridized carbons (Fsp3) is 0.462. The zero-order chi connectivity index (χ0) is 15.1. The van der Waals surface area contributed by atoms with Gasteiger partial charge in [-0.2, -0.15) is 0 Å². The van der Waals surface area contributed by atoms with Gasteiger partial charge in [-0.1, -0.05) is 13.8 Å². The SMILES string of the molecule is CC1(C)CCN(C(=O)c2c(F)ccc([N+](=O)[O-])c2N)C1. The van der Waals surface area contributed by atoms with Gasteiger partial charge in [0, 0.05) is 19.2 Å². The lowest BCUT2D eigenvalue weighted by Gasteiger charge is -2.20. The number of amides is 1. The van der Waals surface area contributed by atoms with Gasteiger partial charge < -0.3 is 10.6 Å². The van der Waals surface area contributed by atoms with Gasteiger partial charge in [0.25, 0.3) is 11.6 Å². The van der Waals surface area contributed by atoms with E-state index in [0.29, 0.717) is 13.1 Å². The standard InChI is InChI=1S/C13H16FN3O3/c1-13(2)5-6-16(7-13)12(18)10-8(14)3-4-9(11(10)15)17(19)20/h3-4H,5-7,15H2,1-2H3. The van der Waals surface area contributed by atoms with Crippen LogP contribution < -0.4 is 5.73 Å². The minimum absolute atomic E-state index is 0.0401. The molecule has 2 rings (SSSR count). The molecule has 0 saturated carbocycles. The number of hydrogen-bond acceptors (Lipinski definition) is 4. The number of anilines is 1. The normalized spacial score (nSPS) is 17.2. The highest BCUT2D eigenvalue weighted by Crippen LogP contribution is 2.33. The third-order valence-corrected chi connectivity index (χ3v) is 3.55. The molecule has 0 atom stereocenters. The van der Waals surface area contributed by atoms with E-state index in [9.17, 15) is 19.3 Å². The molecule has 6 nitrogen and oxygen atoms in total. The lowest BCUT2D eigenvalue weighted by Crippen LogP contribution is -2.31. The first kappa shape index (κ1) is 14.2. The first-order valence-electron chi connectivity index (χ1n) is 6.24. The zero-order valence-electron chi connectivity index (χ0n) is 11.4. The maximum absolute atomic E-state index is 13.8. The van der Waals surface area contributed by atoms with E-state index >= 15 is 0 Å². The molecule has 0 bridgehead atoms. The molecule has 1 aliphatic heterocycles. The van der Waals surface area contributed by atoms with Crippen LogP contribution in [0.15, 0.2) is 12.1 Å². The molecule has 1 fully saturated rings. The Kier molecular flexibility index (Phi) is 3.37. The average Bonchev–Trinajstić information content (AvgIpc) is 2.69. The summed E-state index contributed by atoms with van der Waals surface area (Å²) in [5, 5.41) is 10.8. The molecule has 0 spiro atoms. The van der Waals surface area contributed by atoms with Crippen LogP contribution in [-0.4, -0.2) is 28.8 Å². The number of halogens is 1. The number of nitrogens with zero attached hydrogens (tertiary/aromatic N) is 2. The van der Waals surface area contributed by atoms with Crippen molar-refractivity contribution in [2.75, 3.05) is 18.8 Å². The summed E-state index contributed by atoms with van der Waals surface area (Å²) in [7, 11) is 0. The van der Waals surface area contributed by atoms with Crippen molar-refractivity contribution in [3.63, 3.8) is 0 Å². The summed E-state index contributed by atoms with van der Waals surface area (Å²) in [6.45, 7) is 4.99. The lowest BCUT2D eigenvalue weighted by atomic mass is 9.93. The van der Waals surface area contributed by atoms with Gasteiger partial charge in [-0.15, -0.1) is 0 Å². The number of nitro benzene ring substituents is 1. The number of nitrogens with two attached hydrogens (primary N) is 1. The van der Waals surface area contributed by atoms with Crippen LogP contribution in [0.4, 0.5) is 15.8 Å². The molecule has 1 aromatic rings. The molecule has 0 aliphatic carbocycles. The van der Waals surface area contributed by atoms with Crippen molar-refractivity contribution in [2.45, 2.75) is 20.3 Å². The summed E-state index contributed by atoms with van der Waals surface area (Å²) in [6, 6.07) is 1.87. The number of benzene rings is 1. The maximum atomic E-state index is 13.8. The van der Waals surface area contributed by atoms with E-state index < -0.39 is 33.6 Å². The second-order valence-corrected chi connectivity index (χ2v) is 5.75. The van der Waals surface area contributed by atoms with Crippen LogP contribution in [0.5, 0.6) is 0 Å². The Balaban J connectivity index is 2.40. The Morgan fingerprint density at radius 3 is 2.65 bits per heavy atom. The van der Waals surface area contributed by atoms with Crippen LogP contribution >= 0.6 is 0 Å². The predicted octanol–water partition coefficient (Wildman–Crippen LogP) is 2.19. The lowest BCUT2D eigenvalue weighted by molar-refractivity contribution is -0.384. The van der Waals surface area contributed by atoms with Crippen molar-refractivity contribution in [2.24, 2.45) is 5.41 Å². The van der Waals surface area contributed by atoms with Gasteiger partial charge in [0.1, 0.15) is 17.1 Å². The highest BCUT2D eigenvalue weighted by Gasteiger charge is 2.35. The molecule has 0 radical (unpaired) electrons. The molecule has 108 valence electrons. The Hall–Kier alpha value is -2.18. The molecule has 0 unspecified atom stereocenters. The van der Waals surface area contributed by atoms with Gasteiger partial charge >= 0.3 is 0 Å². The molecule has 20 heavy (non-hydrogen) atoms. The van der Waals surface area contributed by atoms with Crippen LogP contribution in [0, 0.1) is 21.3 Å². The van der Waals surface area contributed by atoms with E-state index in [1.165, 1.54) is 4.90 Å². The average molecular weight is 281 g/mol. The van der Waals surface area contributed by atoms with Gasteiger partial charge in [-0.25, -0.2) is 4.39 Å². The van der Waals surface area contributed by atoms with E-state index in [1.807, 2.05) is 13.8 Å². The maximum Gasteiger partial charge on any atom is 0.293 e. The Labute approximate surface area is 115 Å². The smallest absolute Gasteiger partial charge is 0.293 e. The minimum Gasteiger partial charge on any atom is -0.392 e. The Morgan fingerprint density at radius 1 is 1.50 bits per heavy atom. The molecule has 1 aliphatic rings. The topological polar surface area (TPSA) is 89.5 Å². The summed E-state index contributed by atoms with van der Waals surface area (Å²) >= 11 is 0. The first-order valence-corrected chi connectivity index (χ1v) is 6.24. The molecule has 2 N–H and O–H groups in total. The summed E-state index contributed by atoms with van der Waals surface area (Å²) in [6.07, 6.45) is 0.801. The molecule has 7 heteroatoms. The van der Waals surface area contributed by atoms with Crippen LogP contribution in [-0.2, 0) is 0 Å². The number of nitro groups is 1. The number of nitrogen functional groups attached to an aromatic ring is 1. The van der Waals surface area contributed by atoms with Gasteiger partial charge in [-0.3, -0.25) is 14.9 Å². The van der Waals surface area contributed by atoms with Gasteiger partial charge in [-0.05, 0) is 17.9 Å². The molecular formula is C13H16FN3O3. The van der Waals surface area contributed by atoms with Crippen LogP contribution in [0.2, 0.25) is 0 Å². The van der Waals surface area contributed by atoms with E-state index in [0.717, 1.165) is 18.6 Å². The molecule has 1 amide bonds. The van der Waals surface area contributed by atoms with Crippen LogP contribution in [0.25, 0.3) is 0 Å². The van der Waals surface area contributed by atoms with Crippen molar-refractivity contribution in [1.29, 1.82) is 0 Å². The quantitative estimate of drug-likeness (QED) is 0.511. The third-order valence-electron chi connectivity index (χ3n) is 3.55. The number of likely N-dealkylation sites (tertiary alicyclic amines) is 1. The second-order valence-electron chi connectivity index (χ2n) is 5.75.